The summed E-state index contributed by atoms with van der Waals surface area (Å²) in [6, 6.07) is -3.68. The van der Waals surface area contributed by atoms with Gasteiger partial charge in [0.05, 0.1) is 12.7 Å². The molecule has 20 atom stereocenters. The van der Waals surface area contributed by atoms with E-state index in [0.29, 0.717) is 0 Å². The van der Waals surface area contributed by atoms with Crippen molar-refractivity contribution < 1.29 is 161 Å². The van der Waals surface area contributed by atoms with Crippen LogP contribution in [0.2, 0.25) is 0 Å². The number of hydrogen-bond donors (Lipinski definition) is 3. The second-order valence-corrected chi connectivity index (χ2v) is 20.5. The van der Waals surface area contributed by atoms with Gasteiger partial charge in [-0.2, -0.15) is 13.2 Å². The normalized spacial score (nSPS) is 31.5. The third-order valence-corrected chi connectivity index (χ3v) is 12.8. The number of hydrogen-bond acceptors (Lipinski definition) is 31. The van der Waals surface area contributed by atoms with Crippen molar-refractivity contribution in [2.24, 2.45) is 0 Å². The summed E-state index contributed by atoms with van der Waals surface area (Å²) in [6.07, 6.45) is -40.6. The Kier molecular flexibility index (Phi) is 28.5. The molecule has 0 bridgehead atoms. The highest BCUT2D eigenvalue weighted by Crippen LogP contribution is 2.40. The lowest BCUT2D eigenvalue weighted by Gasteiger charge is -2.52. The molecule has 0 saturated carbocycles. The van der Waals surface area contributed by atoms with Gasteiger partial charge in [-0.3, -0.25) is 62.3 Å². The Morgan fingerprint density at radius 2 is 0.722 bits per heavy atom. The third-order valence-electron chi connectivity index (χ3n) is 12.8. The Hall–Kier alpha value is -7.42. The van der Waals surface area contributed by atoms with E-state index in [0.717, 1.165) is 83.1 Å². The average molecular weight is 1310 g/mol. The second kappa shape index (κ2) is 34.1. The average Bonchev–Trinajstić information content (AvgIpc) is 0.786. The van der Waals surface area contributed by atoms with Crippen LogP contribution in [0, 0.1) is 0 Å². The fourth-order valence-electron chi connectivity index (χ4n) is 9.74. The standard InChI is InChI=1S/C53H74F3N3O31/c1-20-38(78-26(7)65)44(83-31(12)70)46(84-32(13)71)50(77-20)90-47-45(89-49-37(59-22(3)61)42(82-30(11)69)39(79-27(8)66)34(86-49)18-75-24(5)63)41(81-29(10)68)35(19-76-25(6)64)87-51(47)88-43-36(58-21(2)60)48(73-16-14-15-57-52(72)53(54,55)56)85-33(17-74-23(4)62)40(43)80-28(9)67/h20,33-51H,14-19H2,1-13H3,(H,57,72)(H,58,60)(H,59,61)/t20-,33+,34+,35+,36+,37+,38+,39-,40+,41-,42+,43+,44+,45-,46-,47+,48+,49+,50-,51-/m0/s1. The van der Waals surface area contributed by atoms with E-state index >= 15 is 0 Å². The summed E-state index contributed by atoms with van der Waals surface area (Å²) in [6.45, 7) is 8.92. The smallest absolute Gasteiger partial charge is 0.463 e. The van der Waals surface area contributed by atoms with Crippen LogP contribution in [0.3, 0.4) is 0 Å². The van der Waals surface area contributed by atoms with E-state index in [1.807, 2.05) is 0 Å². The SMILES string of the molecule is CC(=O)N[C@H]1[C@@H](O[C@H]2[C@@H](OC(C)=O)[C@@H](COC(C)=O)O[C@@H](O[C@@H]3[C@@H](NC(C)=O)[C@H](OCCCNC(=O)C(F)(F)F)O[C@H](COC(C)=O)[C@H]3OC(C)=O)[C@@H]2O[C@@H]2O[C@@H](C)[C@@H](OC(C)=O)[C@@H](OC(C)=O)[C@@H]2OC(C)=O)O[C@H](COC(C)=O)[C@H](OC(C)=O)[C@@H]1OC(C)=O. The first-order valence-electron chi connectivity index (χ1n) is 27.7. The van der Waals surface area contributed by atoms with Crippen molar-refractivity contribution in [3.8, 4) is 0 Å². The first-order valence-corrected chi connectivity index (χ1v) is 27.7. The van der Waals surface area contributed by atoms with Crippen LogP contribution < -0.4 is 16.0 Å². The van der Waals surface area contributed by atoms with Crippen LogP contribution in [0.5, 0.6) is 0 Å². The summed E-state index contributed by atoms with van der Waals surface area (Å²) in [4.78, 5) is 167. The molecule has 4 heterocycles. The molecule has 0 aliphatic carbocycles. The van der Waals surface area contributed by atoms with Gasteiger partial charge in [-0.05, 0) is 13.3 Å². The van der Waals surface area contributed by atoms with E-state index in [1.54, 1.807) is 5.32 Å². The Morgan fingerprint density at radius 3 is 1.16 bits per heavy atom. The molecule has 4 rings (SSSR count). The highest BCUT2D eigenvalue weighted by atomic mass is 19.4. The Labute approximate surface area is 511 Å². The topological polar surface area (TPSA) is 424 Å². The predicted octanol–water partition coefficient (Wildman–Crippen LogP) is -1.63. The molecule has 0 aromatic carbocycles. The van der Waals surface area contributed by atoms with Crippen molar-refractivity contribution in [3.05, 3.63) is 0 Å². The van der Waals surface area contributed by atoms with E-state index < -0.39 is 239 Å². The molecule has 0 aromatic rings. The van der Waals surface area contributed by atoms with Crippen LogP contribution in [-0.2, 0) is 148 Å². The molecule has 37 heteroatoms. The summed E-state index contributed by atoms with van der Waals surface area (Å²) in [5.74, 6) is -14.4. The molecule has 90 heavy (non-hydrogen) atoms. The van der Waals surface area contributed by atoms with E-state index in [-0.39, 0.29) is 6.42 Å². The van der Waals surface area contributed by atoms with E-state index in [1.165, 1.54) is 6.92 Å². The Balaban J connectivity index is 2.17. The summed E-state index contributed by atoms with van der Waals surface area (Å²) < 4.78 is 146. The number of carbonyl (C=O) groups is 13. The van der Waals surface area contributed by atoms with E-state index in [9.17, 15) is 75.5 Å². The fourth-order valence-corrected chi connectivity index (χ4v) is 9.74. The van der Waals surface area contributed by atoms with E-state index in [4.69, 9.17) is 85.3 Å². The minimum atomic E-state index is -5.27. The van der Waals surface area contributed by atoms with Gasteiger partial charge in [-0.15, -0.1) is 0 Å². The zero-order valence-corrected chi connectivity index (χ0v) is 51.1. The highest BCUT2D eigenvalue weighted by molar-refractivity contribution is 5.81. The van der Waals surface area contributed by atoms with Crippen molar-refractivity contribution in [1.82, 2.24) is 16.0 Å². The van der Waals surface area contributed by atoms with Crippen LogP contribution in [0.15, 0.2) is 0 Å². The number of ether oxygens (including phenoxy) is 18. The number of esters is 10. The zero-order valence-electron chi connectivity index (χ0n) is 51.1. The van der Waals surface area contributed by atoms with Crippen molar-refractivity contribution >= 4 is 77.4 Å². The zero-order chi connectivity index (χ0) is 67.6. The summed E-state index contributed by atoms with van der Waals surface area (Å²) in [5.41, 5.74) is 0. The van der Waals surface area contributed by atoms with Crippen molar-refractivity contribution in [2.45, 2.75) is 225 Å². The maximum absolute atomic E-state index is 13.5. The molecule has 3 N–H and O–H groups in total. The monoisotopic (exact) mass is 1310 g/mol. The van der Waals surface area contributed by atoms with Gasteiger partial charge in [0.1, 0.15) is 68.5 Å². The molecule has 0 unspecified atom stereocenters. The number of halogens is 3. The Morgan fingerprint density at radius 1 is 0.378 bits per heavy atom. The van der Waals surface area contributed by atoms with Gasteiger partial charge in [0.25, 0.3) is 0 Å². The van der Waals surface area contributed by atoms with E-state index in [2.05, 4.69) is 10.6 Å². The maximum Gasteiger partial charge on any atom is 0.471 e. The van der Waals surface area contributed by atoms with Gasteiger partial charge in [0.15, 0.2) is 67.9 Å². The molecule has 34 nitrogen and oxygen atoms in total. The van der Waals surface area contributed by atoms with Crippen LogP contribution in [-0.4, -0.2) is 239 Å². The molecule has 4 fully saturated rings. The van der Waals surface area contributed by atoms with Gasteiger partial charge in [0.2, 0.25) is 11.8 Å². The van der Waals surface area contributed by atoms with Crippen LogP contribution in [0.4, 0.5) is 13.2 Å². The molecule has 3 amide bonds. The van der Waals surface area contributed by atoms with Gasteiger partial charge >= 0.3 is 71.8 Å². The lowest BCUT2D eigenvalue weighted by Crippen LogP contribution is -2.72. The first-order chi connectivity index (χ1) is 42.0. The first kappa shape index (κ1) is 75.0. The molecular weight excluding hydrogens is 1230 g/mol. The van der Waals surface area contributed by atoms with Crippen molar-refractivity contribution in [3.63, 3.8) is 0 Å². The molecule has 4 saturated heterocycles. The fraction of sp³-hybridized carbons (Fsp3) is 0.755. The number of rotatable bonds is 26. The number of alkyl halides is 3. The minimum absolute atomic E-state index is 0.377. The van der Waals surface area contributed by atoms with Gasteiger partial charge < -0.3 is 101 Å². The molecule has 4 aliphatic heterocycles. The van der Waals surface area contributed by atoms with Crippen LogP contribution >= 0.6 is 0 Å². The third kappa shape index (κ3) is 22.8. The van der Waals surface area contributed by atoms with Gasteiger partial charge in [0, 0.05) is 89.6 Å². The summed E-state index contributed by atoms with van der Waals surface area (Å²) in [7, 11) is 0. The summed E-state index contributed by atoms with van der Waals surface area (Å²) in [5, 5.41) is 6.67. The number of amides is 3. The highest BCUT2D eigenvalue weighted by Gasteiger charge is 2.61. The second-order valence-electron chi connectivity index (χ2n) is 20.5. The number of nitrogens with one attached hydrogen (secondary N) is 3. The molecule has 0 radical (unpaired) electrons. The molecule has 4 aliphatic rings. The van der Waals surface area contributed by atoms with Crippen molar-refractivity contribution in [2.75, 3.05) is 33.0 Å². The molecule has 508 valence electrons. The molecule has 0 aromatic heterocycles. The molecule has 0 spiro atoms. The van der Waals surface area contributed by atoms with Crippen LogP contribution in [0.1, 0.15) is 96.4 Å². The van der Waals surface area contributed by atoms with Crippen molar-refractivity contribution in [1.29, 1.82) is 0 Å². The van der Waals surface area contributed by atoms with Gasteiger partial charge in [-0.25, -0.2) is 0 Å². The summed E-state index contributed by atoms with van der Waals surface area (Å²) >= 11 is 0. The van der Waals surface area contributed by atoms with Gasteiger partial charge in [-0.1, -0.05) is 0 Å². The Bertz CT molecular complexity index is 2590. The lowest BCUT2D eigenvalue weighted by atomic mass is 9.93. The predicted molar refractivity (Wildman–Crippen MR) is 279 cm³/mol. The minimum Gasteiger partial charge on any atom is -0.463 e. The lowest BCUT2D eigenvalue weighted by molar-refractivity contribution is -0.397. The quantitative estimate of drug-likeness (QED) is 0.0497. The van der Waals surface area contributed by atoms with Crippen LogP contribution in [0.25, 0.3) is 0 Å². The molecular formula is C53H74F3N3O31. The number of carbonyl (C=O) groups excluding carboxylic acids is 13. The maximum atomic E-state index is 13.5. The largest absolute Gasteiger partial charge is 0.471 e.